The molecule has 236 valence electrons. The van der Waals surface area contributed by atoms with Crippen LogP contribution >= 0.6 is 0 Å². The van der Waals surface area contributed by atoms with Gasteiger partial charge < -0.3 is 19.2 Å². The Morgan fingerprint density at radius 2 is 1.41 bits per heavy atom. The summed E-state index contributed by atoms with van der Waals surface area (Å²) in [6, 6.07) is 29.7. The molecule has 8 nitrogen and oxygen atoms in total. The van der Waals surface area contributed by atoms with Crippen LogP contribution in [0.5, 0.6) is 0 Å². The van der Waals surface area contributed by atoms with Crippen LogP contribution in [0.2, 0.25) is 5.04 Å². The van der Waals surface area contributed by atoms with Crippen molar-refractivity contribution < 1.29 is 28.3 Å². The van der Waals surface area contributed by atoms with Crippen molar-refractivity contribution in [2.45, 2.75) is 90.4 Å². The summed E-state index contributed by atoms with van der Waals surface area (Å²) in [4.78, 5) is 31.4. The maximum Gasteiger partial charge on any atom is 0.408 e. The van der Waals surface area contributed by atoms with Gasteiger partial charge >= 0.3 is 12.1 Å². The Morgan fingerprint density at radius 1 is 0.886 bits per heavy atom. The zero-order chi connectivity index (χ0) is 32.0. The predicted octanol–water partition coefficient (Wildman–Crippen LogP) is 5.55. The van der Waals surface area contributed by atoms with E-state index in [0.717, 1.165) is 15.9 Å². The van der Waals surface area contributed by atoms with Gasteiger partial charge in [0.05, 0.1) is 18.7 Å². The van der Waals surface area contributed by atoms with Gasteiger partial charge in [-0.3, -0.25) is 9.63 Å². The molecular formula is C35H46N2O6Si. The highest BCUT2D eigenvalue weighted by molar-refractivity contribution is 6.99. The number of benzene rings is 3. The molecule has 0 spiro atoms. The highest BCUT2D eigenvalue weighted by Gasteiger charge is 2.51. The molecule has 3 atom stereocenters. The number of nitrogens with zero attached hydrogens (tertiary/aromatic N) is 1. The average molecular weight is 619 g/mol. The van der Waals surface area contributed by atoms with Crippen molar-refractivity contribution >= 4 is 30.8 Å². The first-order valence-corrected chi connectivity index (χ1v) is 17.1. The van der Waals surface area contributed by atoms with E-state index in [9.17, 15) is 9.59 Å². The number of ether oxygens (including phenoxy) is 2. The van der Waals surface area contributed by atoms with Gasteiger partial charge in [0.25, 0.3) is 8.32 Å². The Morgan fingerprint density at radius 3 is 1.89 bits per heavy atom. The molecule has 4 rings (SSSR count). The Balaban J connectivity index is 1.75. The van der Waals surface area contributed by atoms with Gasteiger partial charge in [0.1, 0.15) is 5.60 Å². The minimum Gasteiger partial charge on any atom is -0.444 e. The molecule has 9 heteroatoms. The average Bonchev–Trinajstić information content (AvgIpc) is 3.33. The SMILES string of the molecule is CC(=O)O[C@@H]1C[C@H]([C@H](CO[Si](c2ccccc2)(c2ccccc2)C(C)(C)C)NC(=O)OC(C)(C)C)N(Cc2ccccc2)O1. The maximum atomic E-state index is 13.3. The largest absolute Gasteiger partial charge is 0.444 e. The molecule has 0 bridgehead atoms. The first kappa shape index (κ1) is 33.4. The van der Waals surface area contributed by atoms with Crippen molar-refractivity contribution in [1.82, 2.24) is 10.4 Å². The summed E-state index contributed by atoms with van der Waals surface area (Å²) in [5, 5.41) is 6.91. The van der Waals surface area contributed by atoms with E-state index in [1.54, 1.807) is 5.06 Å². The standard InChI is InChI=1S/C35H46N2O6Si/c1-26(38)41-32-23-31(37(43-32)24-27-17-11-8-12-18-27)30(36-33(39)42-34(2,3)4)25-40-44(35(5,6)7,28-19-13-9-14-20-28)29-21-15-10-16-22-29/h8-22,30-32H,23-25H2,1-7H3,(H,36,39)/t30-,31+,32-/m0/s1. The summed E-state index contributed by atoms with van der Waals surface area (Å²) < 4.78 is 18.5. The minimum absolute atomic E-state index is 0.179. The van der Waals surface area contributed by atoms with E-state index in [0.29, 0.717) is 13.0 Å². The Kier molecular flexibility index (Phi) is 10.7. The van der Waals surface area contributed by atoms with E-state index in [2.05, 4.69) is 50.4 Å². The smallest absolute Gasteiger partial charge is 0.408 e. The fourth-order valence-electron chi connectivity index (χ4n) is 5.81. The van der Waals surface area contributed by atoms with Crippen molar-refractivity contribution in [3.8, 4) is 0 Å². The highest BCUT2D eigenvalue weighted by Crippen LogP contribution is 2.37. The summed E-state index contributed by atoms with van der Waals surface area (Å²) >= 11 is 0. The number of nitrogens with one attached hydrogen (secondary N) is 1. The van der Waals surface area contributed by atoms with Gasteiger partial charge in [-0.05, 0) is 41.7 Å². The van der Waals surface area contributed by atoms with E-state index >= 15 is 0 Å². The fraction of sp³-hybridized carbons (Fsp3) is 0.429. The van der Waals surface area contributed by atoms with Crippen molar-refractivity contribution in [3.63, 3.8) is 0 Å². The van der Waals surface area contributed by atoms with E-state index in [1.165, 1.54) is 6.92 Å². The lowest BCUT2D eigenvalue weighted by Gasteiger charge is -2.44. The lowest BCUT2D eigenvalue weighted by Crippen LogP contribution is -2.68. The first-order chi connectivity index (χ1) is 20.8. The summed E-state index contributed by atoms with van der Waals surface area (Å²) in [6.07, 6.45) is -1.00. The van der Waals surface area contributed by atoms with Crippen molar-refractivity contribution in [2.24, 2.45) is 0 Å². The molecule has 0 saturated carbocycles. The summed E-state index contributed by atoms with van der Waals surface area (Å²) in [5.41, 5.74) is 0.328. The van der Waals surface area contributed by atoms with E-state index in [-0.39, 0.29) is 17.7 Å². The number of amides is 1. The molecule has 1 N–H and O–H groups in total. The van der Waals surface area contributed by atoms with Crippen molar-refractivity contribution in [3.05, 3.63) is 96.6 Å². The Hall–Kier alpha value is -3.50. The van der Waals surface area contributed by atoms with Crippen LogP contribution in [0.4, 0.5) is 4.79 Å². The molecule has 0 unspecified atom stereocenters. The van der Waals surface area contributed by atoms with Crippen LogP contribution in [0, 0.1) is 0 Å². The zero-order valence-corrected chi connectivity index (χ0v) is 27.9. The summed E-state index contributed by atoms with van der Waals surface area (Å²) in [6.45, 7) is 14.1. The number of hydrogen-bond acceptors (Lipinski definition) is 7. The molecule has 44 heavy (non-hydrogen) atoms. The predicted molar refractivity (Wildman–Crippen MR) is 174 cm³/mol. The molecule has 1 aliphatic heterocycles. The molecule has 1 heterocycles. The third-order valence-electron chi connectivity index (χ3n) is 7.60. The Bertz CT molecular complexity index is 1320. The molecule has 3 aromatic carbocycles. The van der Waals surface area contributed by atoms with Crippen LogP contribution in [0.3, 0.4) is 0 Å². The lowest BCUT2D eigenvalue weighted by molar-refractivity contribution is -0.240. The van der Waals surface area contributed by atoms with Crippen LogP contribution in [0.15, 0.2) is 91.0 Å². The topological polar surface area (TPSA) is 86.3 Å². The van der Waals surface area contributed by atoms with Crippen LogP contribution in [-0.2, 0) is 30.1 Å². The molecule has 0 radical (unpaired) electrons. The molecule has 1 saturated heterocycles. The number of hydroxylamine groups is 2. The molecule has 1 aliphatic rings. The molecule has 0 aromatic heterocycles. The highest BCUT2D eigenvalue weighted by atomic mass is 28.4. The maximum absolute atomic E-state index is 13.3. The van der Waals surface area contributed by atoms with Gasteiger partial charge in [-0.1, -0.05) is 112 Å². The molecule has 1 fully saturated rings. The minimum atomic E-state index is -2.94. The van der Waals surface area contributed by atoms with Gasteiger partial charge in [-0.2, -0.15) is 5.06 Å². The normalized spacial score (nSPS) is 18.4. The van der Waals surface area contributed by atoms with E-state index < -0.39 is 38.3 Å². The van der Waals surface area contributed by atoms with Gasteiger partial charge in [0.2, 0.25) is 6.29 Å². The van der Waals surface area contributed by atoms with Crippen molar-refractivity contribution in [1.29, 1.82) is 0 Å². The van der Waals surface area contributed by atoms with Gasteiger partial charge in [0.15, 0.2) is 0 Å². The number of rotatable bonds is 10. The van der Waals surface area contributed by atoms with Crippen LogP contribution in [-0.4, -0.2) is 56.0 Å². The monoisotopic (exact) mass is 618 g/mol. The third-order valence-corrected chi connectivity index (χ3v) is 12.6. The number of carbonyl (C=O) groups is 2. The first-order valence-electron chi connectivity index (χ1n) is 15.2. The van der Waals surface area contributed by atoms with Gasteiger partial charge in [-0.15, -0.1) is 0 Å². The van der Waals surface area contributed by atoms with Gasteiger partial charge in [0, 0.05) is 19.9 Å². The van der Waals surface area contributed by atoms with Crippen LogP contribution < -0.4 is 15.7 Å². The Labute approximate surface area is 262 Å². The molecule has 3 aromatic rings. The molecule has 1 amide bonds. The number of esters is 1. The second-order valence-corrected chi connectivity index (χ2v) is 17.5. The molecule has 0 aliphatic carbocycles. The quantitative estimate of drug-likeness (QED) is 0.236. The summed E-state index contributed by atoms with van der Waals surface area (Å²) in [5.74, 6) is -0.435. The van der Waals surface area contributed by atoms with E-state index in [1.807, 2.05) is 87.5 Å². The van der Waals surface area contributed by atoms with Crippen molar-refractivity contribution in [2.75, 3.05) is 6.61 Å². The van der Waals surface area contributed by atoms with E-state index in [4.69, 9.17) is 18.7 Å². The van der Waals surface area contributed by atoms with Crippen LogP contribution in [0.1, 0.15) is 60.5 Å². The molecular weight excluding hydrogens is 572 g/mol. The summed E-state index contributed by atoms with van der Waals surface area (Å²) in [7, 11) is -2.94. The van der Waals surface area contributed by atoms with Crippen LogP contribution in [0.25, 0.3) is 0 Å². The fourth-order valence-corrected chi connectivity index (χ4v) is 10.4. The number of carbonyl (C=O) groups excluding carboxylic acids is 2. The third kappa shape index (κ3) is 8.35. The number of hydrogen-bond donors (Lipinski definition) is 1. The van der Waals surface area contributed by atoms with Gasteiger partial charge in [-0.25, -0.2) is 4.79 Å². The second kappa shape index (κ2) is 14.1. The zero-order valence-electron chi connectivity index (χ0n) is 26.9. The lowest BCUT2D eigenvalue weighted by atomic mass is 10.1. The number of alkyl carbamates (subject to hydrolysis) is 1. The second-order valence-electron chi connectivity index (χ2n) is 13.2.